The second-order valence-electron chi connectivity index (χ2n) is 5.05. The number of rotatable bonds is 8. The summed E-state index contributed by atoms with van der Waals surface area (Å²) in [6.07, 6.45) is -0.754. The van der Waals surface area contributed by atoms with Gasteiger partial charge in [-0.25, -0.2) is 0 Å². The van der Waals surface area contributed by atoms with Crippen LogP contribution in [0.15, 0.2) is 24.3 Å². The van der Waals surface area contributed by atoms with Crippen molar-refractivity contribution in [2.24, 2.45) is 0 Å². The van der Waals surface area contributed by atoms with Crippen molar-refractivity contribution in [3.63, 3.8) is 0 Å². The van der Waals surface area contributed by atoms with E-state index in [1.165, 1.54) is 0 Å². The zero-order valence-electron chi connectivity index (χ0n) is 12.2. The topological polar surface area (TPSA) is 74.2 Å². The maximum absolute atomic E-state index is 9.31. The summed E-state index contributed by atoms with van der Waals surface area (Å²) < 4.78 is 11.1. The molecule has 1 unspecified atom stereocenters. The van der Waals surface area contributed by atoms with Gasteiger partial charge in [-0.05, 0) is 12.1 Å². The van der Waals surface area contributed by atoms with Gasteiger partial charge in [0.1, 0.15) is 12.4 Å². The first kappa shape index (κ1) is 16.0. The maximum atomic E-state index is 9.31. The van der Waals surface area contributed by atoms with E-state index in [0.29, 0.717) is 13.2 Å². The lowest BCUT2D eigenvalue weighted by Crippen LogP contribution is -2.38. The fourth-order valence-electron chi connectivity index (χ4n) is 2.11. The molecule has 118 valence electrons. The second-order valence-corrected chi connectivity index (χ2v) is 5.05. The standard InChI is InChI=1S/C15H24N2O4/c18-12-14(19)11-16-13-2-1-3-15(10-13)21-9-6-17-4-7-20-8-5-17/h1-3,10,14,16,18-19H,4-9,11-12H2. The molecule has 0 saturated carbocycles. The van der Waals surface area contributed by atoms with Gasteiger partial charge in [-0.3, -0.25) is 4.90 Å². The third-order valence-electron chi connectivity index (χ3n) is 3.37. The molecule has 3 N–H and O–H groups in total. The molecule has 1 fully saturated rings. The van der Waals surface area contributed by atoms with Crippen molar-refractivity contribution in [2.45, 2.75) is 6.10 Å². The van der Waals surface area contributed by atoms with Gasteiger partial charge in [0, 0.05) is 37.9 Å². The van der Waals surface area contributed by atoms with Crippen LogP contribution in [0.3, 0.4) is 0 Å². The Bertz CT molecular complexity index is 410. The average Bonchev–Trinajstić information content (AvgIpc) is 2.54. The maximum Gasteiger partial charge on any atom is 0.121 e. The molecule has 0 spiro atoms. The second kappa shape index (κ2) is 8.84. The molecule has 1 atom stereocenters. The van der Waals surface area contributed by atoms with Crippen LogP contribution in [0.25, 0.3) is 0 Å². The molecule has 21 heavy (non-hydrogen) atoms. The van der Waals surface area contributed by atoms with E-state index < -0.39 is 6.10 Å². The average molecular weight is 296 g/mol. The van der Waals surface area contributed by atoms with Crippen molar-refractivity contribution in [3.8, 4) is 5.75 Å². The number of benzene rings is 1. The fourth-order valence-corrected chi connectivity index (χ4v) is 2.11. The van der Waals surface area contributed by atoms with Gasteiger partial charge in [0.15, 0.2) is 0 Å². The van der Waals surface area contributed by atoms with Crippen LogP contribution in [0.2, 0.25) is 0 Å². The van der Waals surface area contributed by atoms with Gasteiger partial charge in [-0.2, -0.15) is 0 Å². The van der Waals surface area contributed by atoms with Crippen LogP contribution in [-0.2, 0) is 4.74 Å². The molecular weight excluding hydrogens is 272 g/mol. The lowest BCUT2D eigenvalue weighted by atomic mass is 10.3. The molecule has 0 radical (unpaired) electrons. The minimum atomic E-state index is -0.754. The van der Waals surface area contributed by atoms with Gasteiger partial charge in [0.05, 0.1) is 25.9 Å². The Balaban J connectivity index is 1.72. The number of hydrogen-bond donors (Lipinski definition) is 3. The van der Waals surface area contributed by atoms with Gasteiger partial charge in [-0.15, -0.1) is 0 Å². The fraction of sp³-hybridized carbons (Fsp3) is 0.600. The van der Waals surface area contributed by atoms with Crippen molar-refractivity contribution in [2.75, 3.05) is 57.9 Å². The number of aliphatic hydroxyl groups is 2. The van der Waals surface area contributed by atoms with Crippen LogP contribution < -0.4 is 10.1 Å². The number of ether oxygens (including phenoxy) is 2. The molecule has 2 rings (SSSR count). The minimum Gasteiger partial charge on any atom is -0.492 e. The highest BCUT2D eigenvalue weighted by Crippen LogP contribution is 2.17. The molecule has 0 aliphatic carbocycles. The van der Waals surface area contributed by atoms with E-state index in [1.807, 2.05) is 24.3 Å². The Morgan fingerprint density at radius 3 is 2.90 bits per heavy atom. The zero-order valence-corrected chi connectivity index (χ0v) is 12.2. The minimum absolute atomic E-state index is 0.247. The molecule has 0 aromatic heterocycles. The van der Waals surface area contributed by atoms with Crippen LogP contribution in [0.5, 0.6) is 5.75 Å². The summed E-state index contributed by atoms with van der Waals surface area (Å²) in [5.41, 5.74) is 0.867. The SMILES string of the molecule is OCC(O)CNc1cccc(OCCN2CCOCC2)c1. The van der Waals surface area contributed by atoms with Crippen molar-refractivity contribution in [1.29, 1.82) is 0 Å². The number of hydrogen-bond acceptors (Lipinski definition) is 6. The summed E-state index contributed by atoms with van der Waals surface area (Å²) in [5, 5.41) is 21.2. The van der Waals surface area contributed by atoms with E-state index in [4.69, 9.17) is 14.6 Å². The largest absolute Gasteiger partial charge is 0.492 e. The predicted octanol–water partition coefficient (Wildman–Crippen LogP) is 0.163. The Labute approximate surface area is 125 Å². The van der Waals surface area contributed by atoms with Crippen LogP contribution in [0.1, 0.15) is 0 Å². The van der Waals surface area contributed by atoms with E-state index in [1.54, 1.807) is 0 Å². The Kier molecular flexibility index (Phi) is 6.75. The molecule has 0 bridgehead atoms. The zero-order chi connectivity index (χ0) is 14.9. The number of nitrogens with one attached hydrogen (secondary N) is 1. The Hall–Kier alpha value is -1.34. The first-order valence-corrected chi connectivity index (χ1v) is 7.33. The number of morpholine rings is 1. The van der Waals surface area contributed by atoms with Gasteiger partial charge in [-0.1, -0.05) is 6.07 Å². The highest BCUT2D eigenvalue weighted by molar-refractivity contribution is 5.48. The molecule has 1 heterocycles. The predicted molar refractivity (Wildman–Crippen MR) is 80.8 cm³/mol. The summed E-state index contributed by atoms with van der Waals surface area (Å²) in [6, 6.07) is 7.60. The molecule has 0 amide bonds. The van der Waals surface area contributed by atoms with Gasteiger partial charge < -0.3 is 25.0 Å². The van der Waals surface area contributed by atoms with Crippen molar-refractivity contribution >= 4 is 5.69 Å². The summed E-state index contributed by atoms with van der Waals surface area (Å²) >= 11 is 0. The molecular formula is C15H24N2O4. The quantitative estimate of drug-likeness (QED) is 0.635. The summed E-state index contributed by atoms with van der Waals surface area (Å²) in [6.45, 7) is 5.12. The molecule has 6 heteroatoms. The van der Waals surface area contributed by atoms with E-state index in [9.17, 15) is 5.11 Å². The number of aliphatic hydroxyl groups excluding tert-OH is 2. The lowest BCUT2D eigenvalue weighted by molar-refractivity contribution is 0.0322. The highest BCUT2D eigenvalue weighted by atomic mass is 16.5. The smallest absolute Gasteiger partial charge is 0.121 e. The van der Waals surface area contributed by atoms with Crippen molar-refractivity contribution in [3.05, 3.63) is 24.3 Å². The lowest BCUT2D eigenvalue weighted by Gasteiger charge is -2.26. The van der Waals surface area contributed by atoms with E-state index in [-0.39, 0.29) is 6.61 Å². The van der Waals surface area contributed by atoms with Gasteiger partial charge in [0.25, 0.3) is 0 Å². The first-order chi connectivity index (χ1) is 10.3. The van der Waals surface area contributed by atoms with Crippen molar-refractivity contribution in [1.82, 2.24) is 4.90 Å². The summed E-state index contributed by atoms with van der Waals surface area (Å²) in [4.78, 5) is 2.32. The van der Waals surface area contributed by atoms with Crippen molar-refractivity contribution < 1.29 is 19.7 Å². The van der Waals surface area contributed by atoms with E-state index in [2.05, 4.69) is 10.2 Å². The van der Waals surface area contributed by atoms with Crippen LogP contribution in [-0.4, -0.2) is 73.8 Å². The molecule has 6 nitrogen and oxygen atoms in total. The van der Waals surface area contributed by atoms with Gasteiger partial charge >= 0.3 is 0 Å². The highest BCUT2D eigenvalue weighted by Gasteiger charge is 2.09. The number of nitrogens with zero attached hydrogens (tertiary/aromatic N) is 1. The summed E-state index contributed by atoms with van der Waals surface area (Å²) in [7, 11) is 0. The molecule has 1 saturated heterocycles. The molecule has 1 aliphatic rings. The van der Waals surface area contributed by atoms with Crippen LogP contribution in [0.4, 0.5) is 5.69 Å². The molecule has 1 aliphatic heterocycles. The number of anilines is 1. The summed E-state index contributed by atoms with van der Waals surface area (Å²) in [5.74, 6) is 0.798. The van der Waals surface area contributed by atoms with Crippen LogP contribution >= 0.6 is 0 Å². The monoisotopic (exact) mass is 296 g/mol. The van der Waals surface area contributed by atoms with E-state index in [0.717, 1.165) is 44.3 Å². The third-order valence-corrected chi connectivity index (χ3v) is 3.37. The first-order valence-electron chi connectivity index (χ1n) is 7.33. The third kappa shape index (κ3) is 5.89. The molecule has 1 aromatic carbocycles. The normalized spacial score (nSPS) is 17.4. The Morgan fingerprint density at radius 2 is 2.14 bits per heavy atom. The van der Waals surface area contributed by atoms with E-state index >= 15 is 0 Å². The molecule has 1 aromatic rings. The van der Waals surface area contributed by atoms with Crippen LogP contribution in [0, 0.1) is 0 Å². The van der Waals surface area contributed by atoms with Gasteiger partial charge in [0.2, 0.25) is 0 Å². The Morgan fingerprint density at radius 1 is 1.33 bits per heavy atom.